The first-order valence-corrected chi connectivity index (χ1v) is 9.35. The molecule has 0 spiro atoms. The average molecular weight is 345 g/mol. The van der Waals surface area contributed by atoms with Crippen molar-refractivity contribution in [2.75, 3.05) is 13.6 Å². The van der Waals surface area contributed by atoms with Gasteiger partial charge in [-0.25, -0.2) is 4.98 Å². The number of rotatable bonds is 7. The molecule has 0 aliphatic heterocycles. The zero-order valence-electron chi connectivity index (χ0n) is 15.1. The number of benzene rings is 1. The van der Waals surface area contributed by atoms with Crippen LogP contribution >= 0.6 is 11.3 Å². The first-order chi connectivity index (χ1) is 11.6. The maximum absolute atomic E-state index is 4.35. The van der Waals surface area contributed by atoms with E-state index in [9.17, 15) is 0 Å². The number of nitrogens with one attached hydrogen (secondary N) is 2. The number of aromatic nitrogens is 1. The number of nitrogens with zero attached hydrogens (tertiary/aromatic N) is 2. The topological polar surface area (TPSA) is 49.3 Å². The minimum Gasteiger partial charge on any atom is -0.356 e. The van der Waals surface area contributed by atoms with Crippen LogP contribution in [0.25, 0.3) is 0 Å². The van der Waals surface area contributed by atoms with Crippen LogP contribution in [0.4, 0.5) is 0 Å². The van der Waals surface area contributed by atoms with Gasteiger partial charge in [0.25, 0.3) is 0 Å². The quantitative estimate of drug-likeness (QED) is 0.455. The van der Waals surface area contributed by atoms with Crippen molar-refractivity contribution in [3.8, 4) is 0 Å². The lowest BCUT2D eigenvalue weighted by Gasteiger charge is -2.11. The fourth-order valence-corrected chi connectivity index (χ4v) is 3.16. The van der Waals surface area contributed by atoms with Gasteiger partial charge in [-0.2, -0.15) is 0 Å². The third kappa shape index (κ3) is 5.96. The highest BCUT2D eigenvalue weighted by Crippen LogP contribution is 2.15. The summed E-state index contributed by atoms with van der Waals surface area (Å²) >= 11 is 1.71. The summed E-state index contributed by atoms with van der Waals surface area (Å²) in [6, 6.07) is 8.97. The van der Waals surface area contributed by atoms with Gasteiger partial charge in [0.05, 0.1) is 6.54 Å². The molecule has 0 amide bonds. The standard InChI is InChI=1S/C19H28N4S/c1-14(2)17-9-7-16(8-10-17)6-5-11-21-19(20-4)23-13-18-22-12-15(3)24-18/h7-10,12,14H,5-6,11,13H2,1-4H3,(H2,20,21,23). The SMILES string of the molecule is CN=C(NCCCc1ccc(C(C)C)cc1)NCc1ncc(C)s1. The maximum Gasteiger partial charge on any atom is 0.191 e. The molecule has 130 valence electrons. The molecule has 0 aliphatic carbocycles. The zero-order chi connectivity index (χ0) is 17.4. The van der Waals surface area contributed by atoms with Crippen LogP contribution in [0.5, 0.6) is 0 Å². The van der Waals surface area contributed by atoms with Crippen molar-refractivity contribution >= 4 is 17.3 Å². The first kappa shape index (κ1) is 18.5. The molecule has 0 bridgehead atoms. The van der Waals surface area contributed by atoms with Crippen LogP contribution in [-0.4, -0.2) is 24.5 Å². The van der Waals surface area contributed by atoms with Crippen molar-refractivity contribution < 1.29 is 0 Å². The van der Waals surface area contributed by atoms with Crippen molar-refractivity contribution in [1.82, 2.24) is 15.6 Å². The zero-order valence-corrected chi connectivity index (χ0v) is 15.9. The van der Waals surface area contributed by atoms with Crippen LogP contribution in [0.15, 0.2) is 35.5 Å². The molecular weight excluding hydrogens is 316 g/mol. The van der Waals surface area contributed by atoms with Crippen LogP contribution in [0, 0.1) is 6.92 Å². The van der Waals surface area contributed by atoms with Crippen LogP contribution in [0.3, 0.4) is 0 Å². The largest absolute Gasteiger partial charge is 0.356 e. The van der Waals surface area contributed by atoms with Gasteiger partial charge < -0.3 is 10.6 Å². The van der Waals surface area contributed by atoms with E-state index in [2.05, 4.69) is 65.6 Å². The van der Waals surface area contributed by atoms with E-state index in [1.807, 2.05) is 6.20 Å². The summed E-state index contributed by atoms with van der Waals surface area (Å²) in [5, 5.41) is 7.75. The molecular formula is C19H28N4S. The third-order valence-electron chi connectivity index (χ3n) is 3.88. The van der Waals surface area contributed by atoms with E-state index < -0.39 is 0 Å². The predicted octanol–water partition coefficient (Wildman–Crippen LogP) is 3.87. The molecule has 1 aromatic heterocycles. The van der Waals surface area contributed by atoms with Crippen molar-refractivity contribution in [1.29, 1.82) is 0 Å². The number of hydrogen-bond donors (Lipinski definition) is 2. The second-order valence-electron chi connectivity index (χ2n) is 6.22. The van der Waals surface area contributed by atoms with E-state index in [0.29, 0.717) is 5.92 Å². The van der Waals surface area contributed by atoms with Gasteiger partial charge in [-0.05, 0) is 36.8 Å². The molecule has 0 saturated carbocycles. The molecule has 0 saturated heterocycles. The Morgan fingerprint density at radius 3 is 2.54 bits per heavy atom. The molecule has 0 radical (unpaired) electrons. The molecule has 2 rings (SSSR count). The molecule has 2 aromatic rings. The minimum atomic E-state index is 0.594. The third-order valence-corrected chi connectivity index (χ3v) is 4.79. The second kappa shape index (κ2) is 9.42. The lowest BCUT2D eigenvalue weighted by molar-refractivity contribution is 0.740. The summed E-state index contributed by atoms with van der Waals surface area (Å²) < 4.78 is 0. The van der Waals surface area contributed by atoms with Gasteiger partial charge in [0.15, 0.2) is 5.96 Å². The van der Waals surface area contributed by atoms with E-state index in [1.54, 1.807) is 18.4 Å². The minimum absolute atomic E-state index is 0.594. The smallest absolute Gasteiger partial charge is 0.191 e. The van der Waals surface area contributed by atoms with Crippen LogP contribution in [0.2, 0.25) is 0 Å². The fourth-order valence-electron chi connectivity index (χ4n) is 2.43. The van der Waals surface area contributed by atoms with E-state index in [1.165, 1.54) is 16.0 Å². The van der Waals surface area contributed by atoms with Gasteiger partial charge >= 0.3 is 0 Å². The summed E-state index contributed by atoms with van der Waals surface area (Å²) in [6.07, 6.45) is 4.06. The molecule has 0 unspecified atom stereocenters. The van der Waals surface area contributed by atoms with E-state index in [0.717, 1.165) is 36.9 Å². The Kier molecular flexibility index (Phi) is 7.25. The summed E-state index contributed by atoms with van der Waals surface area (Å²) in [5.41, 5.74) is 2.79. The molecule has 5 heteroatoms. The average Bonchev–Trinajstić information content (AvgIpc) is 3.00. The summed E-state index contributed by atoms with van der Waals surface area (Å²) in [5.74, 6) is 1.43. The van der Waals surface area contributed by atoms with E-state index in [4.69, 9.17) is 0 Å². The van der Waals surface area contributed by atoms with Gasteiger partial charge in [0.2, 0.25) is 0 Å². The van der Waals surface area contributed by atoms with Crippen molar-refractivity contribution in [3.05, 3.63) is 51.5 Å². The molecule has 0 atom stereocenters. The molecule has 4 nitrogen and oxygen atoms in total. The highest BCUT2D eigenvalue weighted by Gasteiger charge is 2.02. The van der Waals surface area contributed by atoms with Crippen LogP contribution < -0.4 is 10.6 Å². The van der Waals surface area contributed by atoms with Gasteiger partial charge in [0.1, 0.15) is 5.01 Å². The number of guanidine groups is 1. The second-order valence-corrected chi connectivity index (χ2v) is 7.54. The Balaban J connectivity index is 1.68. The number of aliphatic imine (C=N–C) groups is 1. The molecule has 2 N–H and O–H groups in total. The summed E-state index contributed by atoms with van der Waals surface area (Å²) in [6.45, 7) is 8.15. The van der Waals surface area contributed by atoms with Gasteiger partial charge in [-0.1, -0.05) is 38.1 Å². The predicted molar refractivity (Wildman–Crippen MR) is 104 cm³/mol. The number of thiazole rings is 1. The highest BCUT2D eigenvalue weighted by atomic mass is 32.1. The van der Waals surface area contributed by atoms with Crippen molar-refractivity contribution in [2.24, 2.45) is 4.99 Å². The molecule has 24 heavy (non-hydrogen) atoms. The molecule has 1 aromatic carbocycles. The normalized spacial score (nSPS) is 11.8. The van der Waals surface area contributed by atoms with Crippen molar-refractivity contribution in [3.63, 3.8) is 0 Å². The fraction of sp³-hybridized carbons (Fsp3) is 0.474. The molecule has 1 heterocycles. The maximum atomic E-state index is 4.35. The summed E-state index contributed by atoms with van der Waals surface area (Å²) in [7, 11) is 1.80. The number of hydrogen-bond acceptors (Lipinski definition) is 3. The Hall–Kier alpha value is -1.88. The lowest BCUT2D eigenvalue weighted by Crippen LogP contribution is -2.37. The van der Waals surface area contributed by atoms with Crippen LogP contribution in [-0.2, 0) is 13.0 Å². The van der Waals surface area contributed by atoms with Crippen molar-refractivity contribution in [2.45, 2.75) is 46.1 Å². The Morgan fingerprint density at radius 1 is 1.21 bits per heavy atom. The van der Waals surface area contributed by atoms with E-state index in [-0.39, 0.29) is 0 Å². The molecule has 0 fully saturated rings. The lowest BCUT2D eigenvalue weighted by atomic mass is 10.0. The van der Waals surface area contributed by atoms with Gasteiger partial charge in [-0.3, -0.25) is 4.99 Å². The number of aryl methyl sites for hydroxylation is 2. The molecule has 0 aliphatic rings. The van der Waals surface area contributed by atoms with Gasteiger partial charge in [0, 0.05) is 24.7 Å². The van der Waals surface area contributed by atoms with E-state index >= 15 is 0 Å². The highest BCUT2D eigenvalue weighted by molar-refractivity contribution is 7.11. The Bertz CT molecular complexity index is 644. The summed E-state index contributed by atoms with van der Waals surface area (Å²) in [4.78, 5) is 9.84. The van der Waals surface area contributed by atoms with Crippen LogP contribution in [0.1, 0.15) is 47.2 Å². The van der Waals surface area contributed by atoms with Gasteiger partial charge in [-0.15, -0.1) is 11.3 Å². The Morgan fingerprint density at radius 2 is 1.96 bits per heavy atom. The Labute approximate surface area is 149 Å². The first-order valence-electron chi connectivity index (χ1n) is 8.53. The monoisotopic (exact) mass is 344 g/mol.